The number of hydrogen-bond acceptors (Lipinski definition) is 3. The van der Waals surface area contributed by atoms with E-state index < -0.39 is 0 Å². The summed E-state index contributed by atoms with van der Waals surface area (Å²) in [6.07, 6.45) is 1.59. The summed E-state index contributed by atoms with van der Waals surface area (Å²) in [5, 5.41) is 0.409. The number of aromatic nitrogens is 2. The summed E-state index contributed by atoms with van der Waals surface area (Å²) in [5.74, 6) is 0.179. The molecule has 0 aliphatic heterocycles. The Hall–Kier alpha value is -1.55. The molecular formula is C8H6ClN3O. The number of anilines is 1. The van der Waals surface area contributed by atoms with Crippen molar-refractivity contribution in [3.05, 3.63) is 39.8 Å². The number of nitrogens with zero attached hydrogens (tertiary/aromatic N) is 2. The van der Waals surface area contributed by atoms with Gasteiger partial charge >= 0.3 is 0 Å². The second kappa shape index (κ2) is 2.74. The Balaban J connectivity index is 3.03. The first kappa shape index (κ1) is 8.07. The van der Waals surface area contributed by atoms with E-state index in [9.17, 15) is 4.79 Å². The highest BCUT2D eigenvalue weighted by molar-refractivity contribution is 6.33. The average molecular weight is 196 g/mol. The van der Waals surface area contributed by atoms with Crippen molar-refractivity contribution in [2.45, 2.75) is 0 Å². The van der Waals surface area contributed by atoms with Crippen molar-refractivity contribution in [3.63, 3.8) is 0 Å². The summed E-state index contributed by atoms with van der Waals surface area (Å²) >= 11 is 5.82. The van der Waals surface area contributed by atoms with Crippen molar-refractivity contribution in [1.82, 2.24) is 9.38 Å². The van der Waals surface area contributed by atoms with Crippen LogP contribution in [0.3, 0.4) is 0 Å². The van der Waals surface area contributed by atoms with Crippen LogP contribution < -0.4 is 11.3 Å². The number of pyridine rings is 1. The van der Waals surface area contributed by atoms with Crippen molar-refractivity contribution in [3.8, 4) is 0 Å². The van der Waals surface area contributed by atoms with Crippen molar-refractivity contribution < 1.29 is 0 Å². The largest absolute Gasteiger partial charge is 0.383 e. The third-order valence-electron chi connectivity index (χ3n) is 1.66. The zero-order valence-electron chi connectivity index (χ0n) is 6.57. The van der Waals surface area contributed by atoms with E-state index in [2.05, 4.69) is 4.98 Å². The van der Waals surface area contributed by atoms with Gasteiger partial charge in [-0.3, -0.25) is 9.20 Å². The lowest BCUT2D eigenvalue weighted by atomic mass is 10.4. The van der Waals surface area contributed by atoms with Crippen molar-refractivity contribution in [1.29, 1.82) is 0 Å². The summed E-state index contributed by atoms with van der Waals surface area (Å²) < 4.78 is 1.35. The topological polar surface area (TPSA) is 60.4 Å². The fourth-order valence-corrected chi connectivity index (χ4v) is 1.32. The lowest BCUT2D eigenvalue weighted by molar-refractivity contribution is 1.05. The molecule has 0 amide bonds. The average Bonchev–Trinajstić information content (AvgIpc) is 2.07. The Labute approximate surface area is 78.6 Å². The van der Waals surface area contributed by atoms with Gasteiger partial charge < -0.3 is 5.73 Å². The second-order valence-corrected chi connectivity index (χ2v) is 2.98. The van der Waals surface area contributed by atoms with Crippen LogP contribution in [0.4, 0.5) is 5.82 Å². The summed E-state index contributed by atoms with van der Waals surface area (Å²) in [4.78, 5) is 15.3. The van der Waals surface area contributed by atoms with Gasteiger partial charge in [0.25, 0.3) is 5.56 Å². The molecule has 2 N–H and O–H groups in total. The molecular weight excluding hydrogens is 190 g/mol. The quantitative estimate of drug-likeness (QED) is 0.680. The fourth-order valence-electron chi connectivity index (χ4n) is 1.11. The smallest absolute Gasteiger partial charge is 0.259 e. The Morgan fingerprint density at radius 2 is 2.31 bits per heavy atom. The van der Waals surface area contributed by atoms with E-state index in [1.165, 1.54) is 10.5 Å². The van der Waals surface area contributed by atoms with Crippen LogP contribution in [-0.4, -0.2) is 9.38 Å². The SMILES string of the molecule is Nc1cc(=O)n2cccc(Cl)c2n1. The van der Waals surface area contributed by atoms with E-state index in [-0.39, 0.29) is 11.4 Å². The van der Waals surface area contributed by atoms with Gasteiger partial charge in [0.1, 0.15) is 5.82 Å². The third kappa shape index (κ3) is 1.25. The number of hydrogen-bond donors (Lipinski definition) is 1. The minimum Gasteiger partial charge on any atom is -0.383 e. The summed E-state index contributed by atoms with van der Waals surface area (Å²) in [6.45, 7) is 0. The molecule has 5 heteroatoms. The Morgan fingerprint density at radius 3 is 3.08 bits per heavy atom. The molecule has 2 aromatic rings. The molecule has 0 bridgehead atoms. The van der Waals surface area contributed by atoms with Crippen LogP contribution in [0.5, 0.6) is 0 Å². The van der Waals surface area contributed by atoms with Gasteiger partial charge in [-0.25, -0.2) is 4.98 Å². The van der Waals surface area contributed by atoms with E-state index in [0.29, 0.717) is 10.7 Å². The van der Waals surface area contributed by atoms with Crippen LogP contribution in [0.15, 0.2) is 29.2 Å². The number of fused-ring (bicyclic) bond motifs is 1. The van der Waals surface area contributed by atoms with Gasteiger partial charge in [0.05, 0.1) is 5.02 Å². The van der Waals surface area contributed by atoms with Crippen molar-refractivity contribution in [2.75, 3.05) is 5.73 Å². The molecule has 4 nitrogen and oxygen atoms in total. The van der Waals surface area contributed by atoms with Crippen LogP contribution in [0.2, 0.25) is 5.02 Å². The van der Waals surface area contributed by atoms with Crippen molar-refractivity contribution in [2.24, 2.45) is 0 Å². The van der Waals surface area contributed by atoms with Gasteiger partial charge in [-0.2, -0.15) is 0 Å². The second-order valence-electron chi connectivity index (χ2n) is 2.57. The van der Waals surface area contributed by atoms with E-state index in [0.717, 1.165) is 0 Å². The Kier molecular flexibility index (Phi) is 1.70. The molecule has 0 spiro atoms. The van der Waals surface area contributed by atoms with Gasteiger partial charge in [-0.05, 0) is 12.1 Å². The molecule has 0 unspecified atom stereocenters. The molecule has 0 aliphatic carbocycles. The number of rotatable bonds is 0. The van der Waals surface area contributed by atoms with Crippen molar-refractivity contribution >= 4 is 23.1 Å². The summed E-state index contributed by atoms with van der Waals surface area (Å²) in [6, 6.07) is 4.58. The molecule has 2 heterocycles. The van der Waals surface area contributed by atoms with Gasteiger partial charge in [-0.15, -0.1) is 0 Å². The van der Waals surface area contributed by atoms with Crippen LogP contribution in [0, 0.1) is 0 Å². The highest BCUT2D eigenvalue weighted by atomic mass is 35.5. The van der Waals surface area contributed by atoms with Gasteiger partial charge in [0.2, 0.25) is 0 Å². The molecule has 0 aromatic carbocycles. The summed E-state index contributed by atoms with van der Waals surface area (Å²) in [5.41, 5.74) is 5.56. The molecule has 2 aromatic heterocycles. The van der Waals surface area contributed by atoms with Gasteiger partial charge in [-0.1, -0.05) is 11.6 Å². The lowest BCUT2D eigenvalue weighted by Crippen LogP contribution is -2.14. The van der Waals surface area contributed by atoms with E-state index >= 15 is 0 Å². The van der Waals surface area contributed by atoms with Crippen LogP contribution in [-0.2, 0) is 0 Å². The zero-order chi connectivity index (χ0) is 9.42. The zero-order valence-corrected chi connectivity index (χ0v) is 7.32. The van der Waals surface area contributed by atoms with Crippen LogP contribution in [0.1, 0.15) is 0 Å². The predicted octanol–water partition coefficient (Wildman–Crippen LogP) is 0.930. The molecule has 0 saturated carbocycles. The Morgan fingerprint density at radius 1 is 1.54 bits per heavy atom. The number of nitrogen functional groups attached to an aromatic ring is 1. The van der Waals surface area contributed by atoms with E-state index in [1.807, 2.05) is 0 Å². The minimum absolute atomic E-state index is 0.179. The molecule has 0 atom stereocenters. The lowest BCUT2D eigenvalue weighted by Gasteiger charge is -2.01. The first-order chi connectivity index (χ1) is 6.18. The number of nitrogens with two attached hydrogens (primary N) is 1. The highest BCUT2D eigenvalue weighted by Crippen LogP contribution is 2.13. The highest BCUT2D eigenvalue weighted by Gasteiger charge is 2.02. The maximum absolute atomic E-state index is 11.3. The molecule has 0 fully saturated rings. The first-order valence-corrected chi connectivity index (χ1v) is 4.00. The standard InChI is InChI=1S/C8H6ClN3O/c9-5-2-1-3-12-7(13)4-6(10)11-8(5)12/h1-4H,10H2. The first-order valence-electron chi connectivity index (χ1n) is 3.62. The van der Waals surface area contributed by atoms with Crippen LogP contribution >= 0.6 is 11.6 Å². The summed E-state index contributed by atoms with van der Waals surface area (Å²) in [7, 11) is 0. The minimum atomic E-state index is -0.231. The normalized spacial score (nSPS) is 10.5. The Bertz CT molecular complexity index is 520. The van der Waals surface area contributed by atoms with E-state index in [1.54, 1.807) is 18.3 Å². The third-order valence-corrected chi connectivity index (χ3v) is 1.96. The predicted molar refractivity (Wildman–Crippen MR) is 50.9 cm³/mol. The maximum atomic E-state index is 11.3. The van der Waals surface area contributed by atoms with E-state index in [4.69, 9.17) is 17.3 Å². The molecule has 0 saturated heterocycles. The van der Waals surface area contributed by atoms with Gasteiger partial charge in [0, 0.05) is 12.3 Å². The molecule has 13 heavy (non-hydrogen) atoms. The molecule has 2 rings (SSSR count). The monoisotopic (exact) mass is 195 g/mol. The molecule has 66 valence electrons. The van der Waals surface area contributed by atoms with Crippen LogP contribution in [0.25, 0.3) is 5.65 Å². The molecule has 0 radical (unpaired) electrons. The van der Waals surface area contributed by atoms with Gasteiger partial charge in [0.15, 0.2) is 5.65 Å². The maximum Gasteiger partial charge on any atom is 0.259 e. The molecule has 0 aliphatic rings. The number of halogens is 1. The fraction of sp³-hybridized carbons (Fsp3) is 0.